The van der Waals surface area contributed by atoms with Crippen LogP contribution in [0.2, 0.25) is 19.6 Å². The van der Waals surface area contributed by atoms with Gasteiger partial charge in [0.1, 0.15) is 5.82 Å². The van der Waals surface area contributed by atoms with Crippen LogP contribution in [0.15, 0.2) is 10.5 Å². The molecule has 1 aromatic carbocycles. The molecule has 0 radical (unpaired) electrons. The van der Waals surface area contributed by atoms with Gasteiger partial charge >= 0.3 is 0 Å². The molecular weight excluding hydrogens is 273 g/mol. The van der Waals surface area contributed by atoms with E-state index in [1.54, 1.807) is 19.6 Å². The first kappa shape index (κ1) is 11.8. The molecule has 0 aliphatic rings. The second-order valence-electron chi connectivity index (χ2n) is 4.09. The molecule has 0 atom stereocenters. The van der Waals surface area contributed by atoms with Gasteiger partial charge in [-0.25, -0.2) is 13.2 Å². The second kappa shape index (κ2) is 3.70. The molecule has 78 valence electrons. The van der Waals surface area contributed by atoms with Gasteiger partial charge in [-0.05, 0) is 22.0 Å². The van der Waals surface area contributed by atoms with Crippen molar-refractivity contribution in [2.75, 3.05) is 0 Å². The average molecular weight is 283 g/mol. The van der Waals surface area contributed by atoms with Crippen LogP contribution < -0.4 is 5.19 Å². The van der Waals surface area contributed by atoms with Gasteiger partial charge in [-0.2, -0.15) is 0 Å². The molecule has 1 aromatic rings. The molecule has 5 heteroatoms. The van der Waals surface area contributed by atoms with Crippen molar-refractivity contribution in [2.24, 2.45) is 0 Å². The van der Waals surface area contributed by atoms with Crippen LogP contribution in [0.3, 0.4) is 0 Å². The van der Waals surface area contributed by atoms with Gasteiger partial charge in [0.2, 0.25) is 0 Å². The Morgan fingerprint density at radius 3 is 2.00 bits per heavy atom. The Labute approximate surface area is 90.3 Å². The summed E-state index contributed by atoms with van der Waals surface area (Å²) in [4.78, 5) is 0. The number of rotatable bonds is 1. The molecular formula is C9H10BrF3Si. The lowest BCUT2D eigenvalue weighted by molar-refractivity contribution is 0.500. The lowest BCUT2D eigenvalue weighted by atomic mass is 10.3. The maximum atomic E-state index is 13.5. The Balaban J connectivity index is 3.56. The lowest BCUT2D eigenvalue weighted by Gasteiger charge is -2.19. The van der Waals surface area contributed by atoms with Crippen molar-refractivity contribution in [1.82, 2.24) is 0 Å². The van der Waals surface area contributed by atoms with Crippen LogP contribution >= 0.6 is 15.9 Å². The minimum absolute atomic E-state index is 0.0196. The van der Waals surface area contributed by atoms with E-state index in [1.807, 2.05) is 0 Å². The van der Waals surface area contributed by atoms with E-state index in [-0.39, 0.29) is 9.66 Å². The monoisotopic (exact) mass is 282 g/mol. The summed E-state index contributed by atoms with van der Waals surface area (Å²) in [7, 11) is -2.21. The fourth-order valence-corrected chi connectivity index (χ4v) is 3.38. The van der Waals surface area contributed by atoms with Gasteiger partial charge < -0.3 is 0 Å². The number of halogens is 4. The summed E-state index contributed by atoms with van der Waals surface area (Å²) in [6.45, 7) is 5.29. The quantitative estimate of drug-likeness (QED) is 0.547. The highest BCUT2D eigenvalue weighted by atomic mass is 79.9. The van der Waals surface area contributed by atoms with Crippen molar-refractivity contribution in [1.29, 1.82) is 0 Å². The van der Waals surface area contributed by atoms with Crippen molar-refractivity contribution >= 4 is 29.2 Å². The van der Waals surface area contributed by atoms with Crippen molar-refractivity contribution in [2.45, 2.75) is 19.6 Å². The zero-order valence-corrected chi connectivity index (χ0v) is 10.7. The van der Waals surface area contributed by atoms with Gasteiger partial charge in [-0.3, -0.25) is 0 Å². The Bertz CT molecular complexity index is 345. The van der Waals surface area contributed by atoms with E-state index in [0.29, 0.717) is 0 Å². The van der Waals surface area contributed by atoms with Gasteiger partial charge in [-0.1, -0.05) is 19.6 Å². The fourth-order valence-electron chi connectivity index (χ4n) is 1.23. The van der Waals surface area contributed by atoms with E-state index in [9.17, 15) is 13.2 Å². The van der Waals surface area contributed by atoms with Crippen molar-refractivity contribution in [3.05, 3.63) is 28.0 Å². The van der Waals surface area contributed by atoms with Crippen LogP contribution in [0.25, 0.3) is 0 Å². The molecule has 0 saturated heterocycles. The minimum atomic E-state index is -2.21. The van der Waals surface area contributed by atoms with Gasteiger partial charge in [0, 0.05) is 5.19 Å². The highest BCUT2D eigenvalue weighted by Gasteiger charge is 2.28. The molecule has 0 amide bonds. The number of hydrogen-bond donors (Lipinski definition) is 0. The molecule has 0 fully saturated rings. The second-order valence-corrected chi connectivity index (χ2v) is 9.95. The van der Waals surface area contributed by atoms with Crippen molar-refractivity contribution in [3.63, 3.8) is 0 Å². The smallest absolute Gasteiger partial charge is 0.161 e. The van der Waals surface area contributed by atoms with E-state index in [4.69, 9.17) is 0 Å². The van der Waals surface area contributed by atoms with Crippen LogP contribution in [0.4, 0.5) is 13.2 Å². The maximum Gasteiger partial charge on any atom is 0.161 e. The zero-order chi connectivity index (χ0) is 11.1. The molecule has 0 unspecified atom stereocenters. The standard InChI is InChI=1S/C9H10BrF3Si/c1-14(2,3)9-7(12)5(10)4-6(11)8(9)13/h4H,1-3H3. The molecule has 0 heterocycles. The van der Waals surface area contributed by atoms with E-state index in [0.717, 1.165) is 6.07 Å². The van der Waals surface area contributed by atoms with E-state index >= 15 is 0 Å². The van der Waals surface area contributed by atoms with Gasteiger partial charge in [-0.15, -0.1) is 0 Å². The Hall–Kier alpha value is -0.293. The number of hydrogen-bond acceptors (Lipinski definition) is 0. The molecule has 0 N–H and O–H groups in total. The first-order valence-electron chi connectivity index (χ1n) is 4.08. The topological polar surface area (TPSA) is 0 Å². The van der Waals surface area contributed by atoms with Crippen LogP contribution in [-0.4, -0.2) is 8.07 Å². The minimum Gasteiger partial charge on any atom is -0.206 e. The van der Waals surface area contributed by atoms with E-state index in [2.05, 4.69) is 15.9 Å². The molecule has 0 nitrogen and oxygen atoms in total. The molecule has 0 bridgehead atoms. The molecule has 0 aliphatic heterocycles. The van der Waals surface area contributed by atoms with Crippen LogP contribution in [0, 0.1) is 17.5 Å². The summed E-state index contributed by atoms with van der Waals surface area (Å²) in [5.41, 5.74) is 0. The predicted octanol–water partition coefficient (Wildman–Crippen LogP) is 3.41. The molecule has 0 spiro atoms. The van der Waals surface area contributed by atoms with Gasteiger partial charge in [0.05, 0.1) is 12.5 Å². The largest absolute Gasteiger partial charge is 0.206 e. The van der Waals surface area contributed by atoms with Crippen molar-refractivity contribution < 1.29 is 13.2 Å². The molecule has 1 rings (SSSR count). The molecule has 0 aromatic heterocycles. The third-order valence-electron chi connectivity index (χ3n) is 1.86. The first-order valence-corrected chi connectivity index (χ1v) is 8.38. The fraction of sp³-hybridized carbons (Fsp3) is 0.333. The average Bonchev–Trinajstić information content (AvgIpc) is 1.98. The van der Waals surface area contributed by atoms with Crippen LogP contribution in [0.5, 0.6) is 0 Å². The Kier molecular flexibility index (Phi) is 3.11. The zero-order valence-electron chi connectivity index (χ0n) is 8.09. The summed E-state index contributed by atoms with van der Waals surface area (Å²) < 4.78 is 39.8. The lowest BCUT2D eigenvalue weighted by Crippen LogP contribution is -2.43. The molecule has 0 saturated carbocycles. The Morgan fingerprint density at radius 2 is 1.57 bits per heavy atom. The number of benzene rings is 1. The first-order chi connectivity index (χ1) is 6.25. The summed E-state index contributed by atoms with van der Waals surface area (Å²) in [6.07, 6.45) is 0. The third-order valence-corrected chi connectivity index (χ3v) is 4.38. The summed E-state index contributed by atoms with van der Waals surface area (Å²) in [5, 5.41) is -0.0932. The van der Waals surface area contributed by atoms with Gasteiger partial charge in [0.25, 0.3) is 0 Å². The molecule has 0 aliphatic carbocycles. The summed E-state index contributed by atoms with van der Waals surface area (Å²) >= 11 is 2.86. The summed E-state index contributed by atoms with van der Waals surface area (Å²) in [5.74, 6) is -2.73. The third kappa shape index (κ3) is 2.03. The van der Waals surface area contributed by atoms with E-state index in [1.165, 1.54) is 0 Å². The molecule has 14 heavy (non-hydrogen) atoms. The highest BCUT2D eigenvalue weighted by molar-refractivity contribution is 9.10. The maximum absolute atomic E-state index is 13.5. The summed E-state index contributed by atoms with van der Waals surface area (Å²) in [6, 6.07) is 0.814. The van der Waals surface area contributed by atoms with Crippen molar-refractivity contribution in [3.8, 4) is 0 Å². The van der Waals surface area contributed by atoms with Crippen LogP contribution in [-0.2, 0) is 0 Å². The van der Waals surface area contributed by atoms with Crippen LogP contribution in [0.1, 0.15) is 0 Å². The van der Waals surface area contributed by atoms with Gasteiger partial charge in [0.15, 0.2) is 11.6 Å². The Morgan fingerprint density at radius 1 is 1.07 bits per heavy atom. The van der Waals surface area contributed by atoms with E-state index < -0.39 is 25.5 Å². The highest BCUT2D eigenvalue weighted by Crippen LogP contribution is 2.20. The SMILES string of the molecule is C[Si](C)(C)c1c(F)c(F)cc(Br)c1F. The normalized spacial score (nSPS) is 11.9. The predicted molar refractivity (Wildman–Crippen MR) is 57.0 cm³/mol.